The SMILES string of the molecule is CCNC(=NCC(C)(C)c1cccs1)NC1CC2CCC1O2.I. The number of aliphatic imine (C=N–C) groups is 1. The molecule has 0 aromatic carbocycles. The fraction of sp³-hybridized carbons (Fsp3) is 0.706. The monoisotopic (exact) mass is 449 g/mol. The molecule has 3 heterocycles. The molecule has 1 aromatic rings. The van der Waals surface area contributed by atoms with Gasteiger partial charge in [0.1, 0.15) is 0 Å². The van der Waals surface area contributed by atoms with Crippen LogP contribution in [0, 0.1) is 0 Å². The molecule has 6 heteroatoms. The molecule has 3 atom stereocenters. The van der Waals surface area contributed by atoms with Crippen LogP contribution in [0.2, 0.25) is 0 Å². The highest BCUT2D eigenvalue weighted by Crippen LogP contribution is 2.34. The Morgan fingerprint density at radius 3 is 2.83 bits per heavy atom. The van der Waals surface area contributed by atoms with Crippen molar-refractivity contribution in [3.05, 3.63) is 22.4 Å². The molecule has 3 rings (SSSR count). The smallest absolute Gasteiger partial charge is 0.191 e. The minimum absolute atomic E-state index is 0. The zero-order valence-corrected chi connectivity index (χ0v) is 17.3. The molecule has 0 saturated carbocycles. The second-order valence-electron chi connectivity index (χ2n) is 6.92. The molecular formula is C17H28IN3OS. The Morgan fingerprint density at radius 1 is 1.43 bits per heavy atom. The van der Waals surface area contributed by atoms with Crippen LogP contribution in [0.15, 0.2) is 22.5 Å². The van der Waals surface area contributed by atoms with Crippen molar-refractivity contribution in [2.24, 2.45) is 4.99 Å². The van der Waals surface area contributed by atoms with Crippen molar-refractivity contribution in [2.45, 2.75) is 63.7 Å². The van der Waals surface area contributed by atoms with Crippen LogP contribution in [0.1, 0.15) is 44.9 Å². The van der Waals surface area contributed by atoms with E-state index in [0.717, 1.165) is 25.5 Å². The number of nitrogens with one attached hydrogen (secondary N) is 2. The number of thiophene rings is 1. The zero-order valence-electron chi connectivity index (χ0n) is 14.2. The highest BCUT2D eigenvalue weighted by molar-refractivity contribution is 14.0. The highest BCUT2D eigenvalue weighted by Gasteiger charge is 2.41. The van der Waals surface area contributed by atoms with Crippen LogP contribution in [0.5, 0.6) is 0 Å². The quantitative estimate of drug-likeness (QED) is 0.411. The first kappa shape index (κ1) is 19.0. The van der Waals surface area contributed by atoms with Gasteiger partial charge in [-0.15, -0.1) is 35.3 Å². The van der Waals surface area contributed by atoms with E-state index in [4.69, 9.17) is 9.73 Å². The van der Waals surface area contributed by atoms with Crippen LogP contribution in [-0.4, -0.2) is 37.3 Å². The molecule has 2 fully saturated rings. The minimum atomic E-state index is 0. The average molecular weight is 449 g/mol. The molecule has 2 aliphatic heterocycles. The lowest BCUT2D eigenvalue weighted by atomic mass is 9.92. The summed E-state index contributed by atoms with van der Waals surface area (Å²) in [6, 6.07) is 4.73. The van der Waals surface area contributed by atoms with Gasteiger partial charge in [-0.2, -0.15) is 0 Å². The molecule has 1 aromatic heterocycles. The summed E-state index contributed by atoms with van der Waals surface area (Å²) in [5, 5.41) is 9.09. The number of halogens is 1. The Balaban J connectivity index is 0.00000192. The standard InChI is InChI=1S/C17H27N3OS.HI/c1-4-18-16(20-13-10-12-7-8-14(13)21-12)19-11-17(2,3)15-6-5-9-22-15;/h5-6,9,12-14H,4,7-8,10-11H2,1-3H3,(H2,18,19,20);1H. The van der Waals surface area contributed by atoms with Gasteiger partial charge in [0.25, 0.3) is 0 Å². The highest BCUT2D eigenvalue weighted by atomic mass is 127. The van der Waals surface area contributed by atoms with Crippen LogP contribution < -0.4 is 10.6 Å². The fourth-order valence-corrected chi connectivity index (χ4v) is 4.15. The van der Waals surface area contributed by atoms with Gasteiger partial charge in [-0.1, -0.05) is 19.9 Å². The molecule has 0 spiro atoms. The van der Waals surface area contributed by atoms with E-state index in [9.17, 15) is 0 Å². The number of ether oxygens (including phenoxy) is 1. The molecule has 23 heavy (non-hydrogen) atoms. The van der Waals surface area contributed by atoms with Crippen molar-refractivity contribution in [1.82, 2.24) is 10.6 Å². The summed E-state index contributed by atoms with van der Waals surface area (Å²) in [7, 11) is 0. The topological polar surface area (TPSA) is 45.7 Å². The maximum absolute atomic E-state index is 5.92. The van der Waals surface area contributed by atoms with Gasteiger partial charge in [0.15, 0.2) is 5.96 Å². The third-order valence-electron chi connectivity index (χ3n) is 4.59. The molecule has 0 aliphatic carbocycles. The summed E-state index contributed by atoms with van der Waals surface area (Å²) in [5.41, 5.74) is 0.0711. The van der Waals surface area contributed by atoms with Gasteiger partial charge >= 0.3 is 0 Å². The normalized spacial score (nSPS) is 26.9. The third kappa shape index (κ3) is 4.60. The summed E-state index contributed by atoms with van der Waals surface area (Å²) in [6.07, 6.45) is 4.36. The van der Waals surface area contributed by atoms with Crippen LogP contribution in [0.3, 0.4) is 0 Å². The van der Waals surface area contributed by atoms with Crippen LogP contribution in [-0.2, 0) is 10.2 Å². The molecule has 130 valence electrons. The van der Waals surface area contributed by atoms with Gasteiger partial charge in [0.2, 0.25) is 0 Å². The van der Waals surface area contributed by atoms with E-state index >= 15 is 0 Å². The van der Waals surface area contributed by atoms with Gasteiger partial charge in [-0.05, 0) is 37.6 Å². The molecule has 2 saturated heterocycles. The summed E-state index contributed by atoms with van der Waals surface area (Å²) in [4.78, 5) is 6.22. The maximum Gasteiger partial charge on any atom is 0.191 e. The summed E-state index contributed by atoms with van der Waals surface area (Å²) < 4.78 is 5.92. The lowest BCUT2D eigenvalue weighted by molar-refractivity contribution is 0.0992. The first-order valence-corrected chi connectivity index (χ1v) is 9.21. The number of hydrogen-bond donors (Lipinski definition) is 2. The van der Waals surface area contributed by atoms with Crippen molar-refractivity contribution in [3.8, 4) is 0 Å². The third-order valence-corrected chi connectivity index (χ3v) is 5.83. The Hall–Kier alpha value is -0.340. The van der Waals surface area contributed by atoms with Crippen molar-refractivity contribution in [2.75, 3.05) is 13.1 Å². The lowest BCUT2D eigenvalue weighted by Crippen LogP contribution is -2.47. The first-order chi connectivity index (χ1) is 10.6. The summed E-state index contributed by atoms with van der Waals surface area (Å²) >= 11 is 1.81. The van der Waals surface area contributed by atoms with Gasteiger partial charge < -0.3 is 15.4 Å². The molecule has 4 nitrogen and oxygen atoms in total. The summed E-state index contributed by atoms with van der Waals surface area (Å²) in [6.45, 7) is 8.29. The molecular weight excluding hydrogens is 421 g/mol. The van der Waals surface area contributed by atoms with Crippen molar-refractivity contribution < 1.29 is 4.74 Å². The number of rotatable bonds is 5. The lowest BCUT2D eigenvalue weighted by Gasteiger charge is -2.25. The predicted molar refractivity (Wildman–Crippen MR) is 108 cm³/mol. The molecule has 3 unspecified atom stereocenters. The fourth-order valence-electron chi connectivity index (χ4n) is 3.30. The zero-order chi connectivity index (χ0) is 15.6. The molecule has 0 radical (unpaired) electrons. The Morgan fingerprint density at radius 2 is 2.26 bits per heavy atom. The van der Waals surface area contributed by atoms with Crippen molar-refractivity contribution in [1.29, 1.82) is 0 Å². The van der Waals surface area contributed by atoms with Gasteiger partial charge in [0, 0.05) is 16.8 Å². The second-order valence-corrected chi connectivity index (χ2v) is 7.86. The van der Waals surface area contributed by atoms with Gasteiger partial charge in [0.05, 0.1) is 24.8 Å². The van der Waals surface area contributed by atoms with Gasteiger partial charge in [-0.3, -0.25) is 4.99 Å². The second kappa shape index (κ2) is 8.16. The van der Waals surface area contributed by atoms with Crippen molar-refractivity contribution in [3.63, 3.8) is 0 Å². The van der Waals surface area contributed by atoms with Crippen LogP contribution in [0.25, 0.3) is 0 Å². The van der Waals surface area contributed by atoms with Crippen LogP contribution >= 0.6 is 35.3 Å². The van der Waals surface area contributed by atoms with E-state index in [-0.39, 0.29) is 29.4 Å². The Labute approximate surface area is 160 Å². The number of hydrogen-bond acceptors (Lipinski definition) is 3. The minimum Gasteiger partial charge on any atom is -0.373 e. The van der Waals surface area contributed by atoms with E-state index in [1.807, 2.05) is 11.3 Å². The Kier molecular flexibility index (Phi) is 6.74. The molecule has 0 amide bonds. The average Bonchev–Trinajstić information content (AvgIpc) is 3.22. The van der Waals surface area contributed by atoms with E-state index in [0.29, 0.717) is 18.2 Å². The number of nitrogens with zero attached hydrogens (tertiary/aromatic N) is 1. The molecule has 2 aliphatic rings. The van der Waals surface area contributed by atoms with E-state index in [1.165, 1.54) is 17.7 Å². The number of guanidine groups is 1. The van der Waals surface area contributed by atoms with E-state index in [1.54, 1.807) is 0 Å². The van der Waals surface area contributed by atoms with Crippen LogP contribution in [0.4, 0.5) is 0 Å². The maximum atomic E-state index is 5.92. The largest absolute Gasteiger partial charge is 0.373 e. The molecule has 2 bridgehead atoms. The van der Waals surface area contributed by atoms with Crippen molar-refractivity contribution >= 4 is 41.3 Å². The predicted octanol–water partition coefficient (Wildman–Crippen LogP) is 3.52. The number of fused-ring (bicyclic) bond motifs is 2. The summed E-state index contributed by atoms with van der Waals surface area (Å²) in [5.74, 6) is 0.924. The Bertz CT molecular complexity index is 518. The van der Waals surface area contributed by atoms with E-state index in [2.05, 4.69) is 48.9 Å². The van der Waals surface area contributed by atoms with E-state index < -0.39 is 0 Å². The molecule has 2 N–H and O–H groups in total. The van der Waals surface area contributed by atoms with Gasteiger partial charge in [-0.25, -0.2) is 0 Å². The first-order valence-electron chi connectivity index (χ1n) is 8.33.